The van der Waals surface area contributed by atoms with Crippen LogP contribution in [0.5, 0.6) is 0 Å². The Morgan fingerprint density at radius 3 is 1.82 bits per heavy atom. The molecule has 4 amide bonds. The van der Waals surface area contributed by atoms with Gasteiger partial charge in [0, 0.05) is 74.2 Å². The van der Waals surface area contributed by atoms with Crippen LogP contribution < -0.4 is 16.0 Å². The Morgan fingerprint density at radius 1 is 0.764 bits per heavy atom. The number of amides is 4. The van der Waals surface area contributed by atoms with Crippen molar-refractivity contribution < 1.29 is 33.8 Å². The number of aryl methyl sites for hydroxylation is 3. The number of methoxy groups -OCH3 is 1. The van der Waals surface area contributed by atoms with Gasteiger partial charge in [0.2, 0.25) is 5.91 Å². The van der Waals surface area contributed by atoms with Gasteiger partial charge in [0.15, 0.2) is 0 Å². The van der Waals surface area contributed by atoms with Gasteiger partial charge >= 0.3 is 5.97 Å². The van der Waals surface area contributed by atoms with Gasteiger partial charge in [-0.3, -0.25) is 29.0 Å². The molecule has 0 aliphatic carbocycles. The molecule has 0 spiro atoms. The zero-order valence-electron chi connectivity index (χ0n) is 32.8. The quantitative estimate of drug-likeness (QED) is 0.261. The van der Waals surface area contributed by atoms with Gasteiger partial charge in [-0.25, -0.2) is 0 Å². The van der Waals surface area contributed by atoms with E-state index in [1.165, 1.54) is 36.7 Å². The summed E-state index contributed by atoms with van der Waals surface area (Å²) >= 11 is 3.03. The van der Waals surface area contributed by atoms with E-state index in [-0.39, 0.29) is 59.7 Å². The third kappa shape index (κ3) is 12.1. The molecule has 14 nitrogen and oxygen atoms in total. The molecule has 6 heterocycles. The highest BCUT2D eigenvalue weighted by Crippen LogP contribution is 2.24. The van der Waals surface area contributed by atoms with Crippen molar-refractivity contribution in [3.8, 4) is 0 Å². The fourth-order valence-electron chi connectivity index (χ4n) is 6.85. The summed E-state index contributed by atoms with van der Waals surface area (Å²) in [7, 11) is 5.03. The van der Waals surface area contributed by atoms with E-state index < -0.39 is 0 Å². The summed E-state index contributed by atoms with van der Waals surface area (Å²) < 4.78 is 4.83. The molecular weight excluding hydrogens is 743 g/mol. The number of carbonyl (C=O) groups excluding carboxylic acids is 5. The molecule has 4 N–H and O–H groups in total. The van der Waals surface area contributed by atoms with Crippen LogP contribution in [-0.2, 0) is 14.3 Å². The first kappa shape index (κ1) is 43.5. The third-order valence-corrected chi connectivity index (χ3v) is 11.9. The van der Waals surface area contributed by atoms with E-state index in [0.29, 0.717) is 57.8 Å². The van der Waals surface area contributed by atoms with Crippen LogP contribution in [0.15, 0.2) is 42.6 Å². The van der Waals surface area contributed by atoms with Gasteiger partial charge < -0.3 is 40.5 Å². The maximum atomic E-state index is 12.4. The summed E-state index contributed by atoms with van der Waals surface area (Å²) in [6.45, 7) is 11.0. The smallest absolute Gasteiger partial charge is 0.310 e. The number of piperidine rings is 2. The Labute approximate surface area is 331 Å². The van der Waals surface area contributed by atoms with Crippen molar-refractivity contribution in [3.05, 3.63) is 73.4 Å². The van der Waals surface area contributed by atoms with E-state index in [1.54, 1.807) is 17.2 Å². The lowest BCUT2D eigenvalue weighted by Gasteiger charge is -2.36. The Bertz CT molecular complexity index is 1780. The zero-order valence-corrected chi connectivity index (χ0v) is 34.4. The number of esters is 1. The summed E-state index contributed by atoms with van der Waals surface area (Å²) in [6, 6.07) is 11.3. The Kier molecular flexibility index (Phi) is 16.3. The number of aliphatic hydroxyl groups is 1. The molecule has 5 atom stereocenters. The van der Waals surface area contributed by atoms with Gasteiger partial charge in [0.25, 0.3) is 17.7 Å². The van der Waals surface area contributed by atoms with Crippen molar-refractivity contribution >= 4 is 52.3 Å². The summed E-state index contributed by atoms with van der Waals surface area (Å²) in [5.74, 6) is -0.376. The molecule has 0 aromatic carbocycles. The Hall–Kier alpha value is -4.22. The number of nitrogens with zero attached hydrogens (tertiary/aromatic N) is 4. The van der Waals surface area contributed by atoms with Crippen molar-refractivity contribution in [1.82, 2.24) is 35.6 Å². The van der Waals surface area contributed by atoms with Gasteiger partial charge in [-0.1, -0.05) is 0 Å². The van der Waals surface area contributed by atoms with Gasteiger partial charge in [0.1, 0.15) is 5.69 Å². The van der Waals surface area contributed by atoms with E-state index in [9.17, 15) is 29.1 Å². The van der Waals surface area contributed by atoms with Crippen LogP contribution in [0, 0.1) is 26.7 Å². The summed E-state index contributed by atoms with van der Waals surface area (Å²) in [4.78, 5) is 72.8. The molecule has 300 valence electrons. The number of rotatable bonds is 7. The predicted molar refractivity (Wildman–Crippen MR) is 213 cm³/mol. The van der Waals surface area contributed by atoms with Gasteiger partial charge in [-0.2, -0.15) is 0 Å². The van der Waals surface area contributed by atoms with Crippen LogP contribution in [0.25, 0.3) is 0 Å². The summed E-state index contributed by atoms with van der Waals surface area (Å²) in [6.07, 6.45) is 3.37. The number of hydrogen-bond acceptors (Lipinski definition) is 12. The number of likely N-dealkylation sites (N-methyl/N-ethyl adjacent to an activating group) is 2. The number of likely N-dealkylation sites (tertiary alicyclic amines) is 3. The predicted octanol–water partition coefficient (Wildman–Crippen LogP) is 2.87. The number of aromatic nitrogens is 1. The molecule has 16 heteroatoms. The monoisotopic (exact) mass is 797 g/mol. The largest absolute Gasteiger partial charge is 0.469 e. The molecular formula is C39H55N7O7S2. The first-order chi connectivity index (χ1) is 26.2. The van der Waals surface area contributed by atoms with E-state index >= 15 is 0 Å². The van der Waals surface area contributed by atoms with Crippen LogP contribution in [0.3, 0.4) is 0 Å². The highest BCUT2D eigenvalue weighted by Gasteiger charge is 2.36. The van der Waals surface area contributed by atoms with Crippen LogP contribution in [-0.4, -0.2) is 139 Å². The highest BCUT2D eigenvalue weighted by atomic mass is 32.1. The normalized spacial score (nSPS) is 22.1. The Morgan fingerprint density at radius 2 is 1.31 bits per heavy atom. The summed E-state index contributed by atoms with van der Waals surface area (Å²) in [5, 5.41) is 18.8. The second-order valence-corrected chi connectivity index (χ2v) is 16.6. The molecule has 0 radical (unpaired) electrons. The SMILES string of the molecule is CC(=O)NC1CCN(C(=O)c2cc(C)ccn2)C1.CNC1CN(C(=O)c2ccc(C)s2)CCC1C(=O)OC.CNC1CN(C(=O)c2ccc(C)s2)CCC1O. The molecule has 3 aliphatic rings. The Balaban J connectivity index is 0.000000184. The number of thiophene rings is 2. The van der Waals surface area contributed by atoms with Crippen molar-refractivity contribution in [1.29, 1.82) is 0 Å². The lowest BCUT2D eigenvalue weighted by atomic mass is 9.91. The number of aliphatic hydroxyl groups excluding tert-OH is 1. The topological polar surface area (TPSA) is 174 Å². The van der Waals surface area contributed by atoms with Crippen molar-refractivity contribution in [2.24, 2.45) is 5.92 Å². The minimum atomic E-state index is -0.353. The average molecular weight is 798 g/mol. The van der Waals surface area contributed by atoms with E-state index in [1.807, 2.05) is 75.0 Å². The number of hydrogen-bond donors (Lipinski definition) is 4. The zero-order chi connectivity index (χ0) is 40.2. The van der Waals surface area contributed by atoms with Gasteiger partial charge in [0.05, 0.1) is 34.9 Å². The third-order valence-electron chi connectivity index (χ3n) is 9.93. The second kappa shape index (κ2) is 20.6. The van der Waals surface area contributed by atoms with Crippen LogP contribution >= 0.6 is 22.7 Å². The summed E-state index contributed by atoms with van der Waals surface area (Å²) in [5.41, 5.74) is 1.49. The van der Waals surface area contributed by atoms with Crippen molar-refractivity contribution in [2.75, 3.05) is 60.5 Å². The van der Waals surface area contributed by atoms with Crippen LogP contribution in [0.4, 0.5) is 0 Å². The average Bonchev–Trinajstić information content (AvgIpc) is 3.95. The van der Waals surface area contributed by atoms with Crippen LogP contribution in [0.2, 0.25) is 0 Å². The lowest BCUT2D eigenvalue weighted by Crippen LogP contribution is -2.54. The number of carbonyl (C=O) groups is 5. The molecule has 3 aromatic rings. The fourth-order valence-corrected chi connectivity index (χ4v) is 8.52. The molecule has 3 aromatic heterocycles. The molecule has 55 heavy (non-hydrogen) atoms. The maximum Gasteiger partial charge on any atom is 0.310 e. The number of ether oxygens (including phenoxy) is 1. The highest BCUT2D eigenvalue weighted by molar-refractivity contribution is 7.14. The maximum absolute atomic E-state index is 12.4. The molecule has 3 aliphatic heterocycles. The molecule has 0 bridgehead atoms. The molecule has 5 unspecified atom stereocenters. The minimum Gasteiger partial charge on any atom is -0.469 e. The van der Waals surface area contributed by atoms with Crippen molar-refractivity contribution in [3.63, 3.8) is 0 Å². The van der Waals surface area contributed by atoms with Gasteiger partial charge in [-0.15, -0.1) is 22.7 Å². The minimum absolute atomic E-state index is 0.0197. The van der Waals surface area contributed by atoms with E-state index in [4.69, 9.17) is 4.74 Å². The molecule has 3 saturated heterocycles. The first-order valence-electron chi connectivity index (χ1n) is 18.5. The molecule has 0 saturated carbocycles. The number of nitrogens with one attached hydrogen (secondary N) is 3. The second-order valence-electron chi connectivity index (χ2n) is 14.0. The van der Waals surface area contributed by atoms with Crippen LogP contribution in [0.1, 0.15) is 71.3 Å². The standard InChI is InChI=1S/C14H20N2O3S.C13H17N3O2.C12H18N2O2S/c1-9-4-5-12(20-9)13(17)16-7-6-10(14(18)19-3)11(8-16)15-2;1-9-3-5-14-12(7-9)13(18)16-6-4-11(8-16)15-10(2)17;1-8-3-4-11(17-8)12(16)14-6-5-10(15)9(7-14)13-2/h4-5,10-11,15H,6-8H2,1-3H3;3,5,7,11H,4,6,8H2,1-2H3,(H,15,17);3-4,9-10,13,15H,5-7H2,1-2H3. The molecule has 3 fully saturated rings. The van der Waals surface area contributed by atoms with E-state index in [2.05, 4.69) is 20.9 Å². The fraction of sp³-hybridized carbons (Fsp3) is 0.538. The van der Waals surface area contributed by atoms with Crippen molar-refractivity contribution in [2.45, 2.75) is 71.2 Å². The lowest BCUT2D eigenvalue weighted by molar-refractivity contribution is -0.148. The molecule has 6 rings (SSSR count). The van der Waals surface area contributed by atoms with E-state index in [0.717, 1.165) is 31.5 Å². The number of pyridine rings is 1. The van der Waals surface area contributed by atoms with Gasteiger partial charge in [-0.05, 0) is 96.1 Å². The first-order valence-corrected chi connectivity index (χ1v) is 20.2.